The van der Waals surface area contributed by atoms with Gasteiger partial charge in [0.15, 0.2) is 0 Å². The minimum absolute atomic E-state index is 0.0293. The number of aryl methyl sites for hydroxylation is 2. The summed E-state index contributed by atoms with van der Waals surface area (Å²) in [5, 5.41) is 8.47. The Morgan fingerprint density at radius 3 is 2.57 bits per heavy atom. The van der Waals surface area contributed by atoms with Crippen LogP contribution in [0.2, 0.25) is 0 Å². The highest BCUT2D eigenvalue weighted by molar-refractivity contribution is 9.10. The Morgan fingerprint density at radius 2 is 1.86 bits per heavy atom. The molecule has 5 rings (SSSR count). The molecule has 1 amide bonds. The van der Waals surface area contributed by atoms with Gasteiger partial charge < -0.3 is 10.3 Å². The summed E-state index contributed by atoms with van der Waals surface area (Å²) in [6.45, 7) is 4.10. The van der Waals surface area contributed by atoms with E-state index in [9.17, 15) is 4.79 Å². The molecule has 0 saturated heterocycles. The van der Waals surface area contributed by atoms with Crippen LogP contribution in [0.4, 0.5) is 0 Å². The monoisotopic (exact) mass is 527 g/mol. The van der Waals surface area contributed by atoms with Crippen LogP contribution in [0.25, 0.3) is 27.8 Å². The van der Waals surface area contributed by atoms with Crippen molar-refractivity contribution in [2.75, 3.05) is 0 Å². The molecule has 6 nitrogen and oxygen atoms in total. The maximum atomic E-state index is 12.9. The van der Waals surface area contributed by atoms with Crippen LogP contribution < -0.4 is 5.32 Å². The Morgan fingerprint density at radius 1 is 1.09 bits per heavy atom. The number of carbonyl (C=O) groups is 1. The topological polar surface area (TPSA) is 75.6 Å². The Kier molecular flexibility index (Phi) is 6.51. The summed E-state index contributed by atoms with van der Waals surface area (Å²) < 4.78 is 2.75. The zero-order chi connectivity index (χ0) is 24.4. The van der Waals surface area contributed by atoms with Crippen LogP contribution >= 0.6 is 15.9 Å². The number of benzene rings is 3. The maximum absolute atomic E-state index is 12.9. The molecule has 2 heterocycles. The molecule has 0 aliphatic carbocycles. The van der Waals surface area contributed by atoms with Crippen LogP contribution in [0, 0.1) is 6.92 Å². The van der Waals surface area contributed by atoms with Gasteiger partial charge in [-0.3, -0.25) is 4.79 Å². The van der Waals surface area contributed by atoms with E-state index in [1.165, 1.54) is 22.8 Å². The van der Waals surface area contributed by atoms with Crippen LogP contribution in [-0.2, 0) is 11.2 Å². The number of halogens is 1. The third kappa shape index (κ3) is 5.05. The van der Waals surface area contributed by atoms with Crippen LogP contribution in [0.5, 0.6) is 0 Å². The first-order chi connectivity index (χ1) is 17.0. The molecule has 0 aliphatic heterocycles. The number of H-pyrrole nitrogens is 1. The molecular weight excluding hydrogens is 502 g/mol. The van der Waals surface area contributed by atoms with E-state index in [0.717, 1.165) is 32.5 Å². The fourth-order valence-electron chi connectivity index (χ4n) is 4.38. The molecule has 1 unspecified atom stereocenters. The van der Waals surface area contributed by atoms with Gasteiger partial charge in [0.05, 0.1) is 11.7 Å². The van der Waals surface area contributed by atoms with Crippen molar-refractivity contribution in [1.82, 2.24) is 25.1 Å². The normalized spacial score (nSPS) is 12.1. The summed E-state index contributed by atoms with van der Waals surface area (Å²) in [7, 11) is 0. The standard InChI is InChI=1S/C28H26BrN5O/c1-18-3-13-26-25(15-18)24(28(33-26)21-4-8-22(29)9-5-21)12-14-27(35)32-19(2)20-6-10-23(11-7-20)34-17-30-16-31-34/h3-11,13,15-17,19,33H,12,14H2,1-2H3,(H,32,35). The molecular formula is C28H26BrN5O. The summed E-state index contributed by atoms with van der Waals surface area (Å²) in [6.07, 6.45) is 4.23. The van der Waals surface area contributed by atoms with Gasteiger partial charge in [-0.1, -0.05) is 51.8 Å². The number of aromatic nitrogens is 4. The molecule has 7 heteroatoms. The molecule has 0 fully saturated rings. The highest BCUT2D eigenvalue weighted by atomic mass is 79.9. The van der Waals surface area contributed by atoms with Crippen molar-refractivity contribution in [2.24, 2.45) is 0 Å². The molecule has 1 atom stereocenters. The molecule has 176 valence electrons. The van der Waals surface area contributed by atoms with Crippen LogP contribution in [0.3, 0.4) is 0 Å². The number of rotatable bonds is 7. The van der Waals surface area contributed by atoms with Gasteiger partial charge in [0.25, 0.3) is 0 Å². The van der Waals surface area contributed by atoms with Crippen LogP contribution in [0.15, 0.2) is 83.9 Å². The minimum atomic E-state index is -0.0940. The number of nitrogens with one attached hydrogen (secondary N) is 2. The first kappa shape index (κ1) is 23.1. The molecule has 3 aromatic carbocycles. The van der Waals surface area contributed by atoms with E-state index in [4.69, 9.17) is 0 Å². The molecule has 0 aliphatic rings. The molecule has 2 N–H and O–H groups in total. The zero-order valence-electron chi connectivity index (χ0n) is 19.6. The highest BCUT2D eigenvalue weighted by Crippen LogP contribution is 2.32. The van der Waals surface area contributed by atoms with Crippen LogP contribution in [0.1, 0.15) is 36.1 Å². The second-order valence-electron chi connectivity index (χ2n) is 8.76. The van der Waals surface area contributed by atoms with Gasteiger partial charge in [-0.05, 0) is 73.4 Å². The van der Waals surface area contributed by atoms with Crippen molar-refractivity contribution in [3.8, 4) is 16.9 Å². The van der Waals surface area contributed by atoms with E-state index in [0.29, 0.717) is 12.8 Å². The lowest BCUT2D eigenvalue weighted by atomic mass is 10.00. The number of nitrogens with zero attached hydrogens (tertiary/aromatic N) is 3. The molecule has 0 radical (unpaired) electrons. The summed E-state index contributed by atoms with van der Waals surface area (Å²) in [4.78, 5) is 20.5. The quantitative estimate of drug-likeness (QED) is 0.261. The van der Waals surface area contributed by atoms with E-state index in [1.807, 2.05) is 43.3 Å². The lowest BCUT2D eigenvalue weighted by Crippen LogP contribution is -2.26. The maximum Gasteiger partial charge on any atom is 0.220 e. The summed E-state index contributed by atoms with van der Waals surface area (Å²) in [5.41, 5.74) is 7.62. The SMILES string of the molecule is Cc1ccc2[nH]c(-c3ccc(Br)cc3)c(CCC(=O)NC(C)c3ccc(-n4cncn4)cc3)c2c1. The Labute approximate surface area is 212 Å². The lowest BCUT2D eigenvalue weighted by molar-refractivity contribution is -0.121. The van der Waals surface area contributed by atoms with Gasteiger partial charge in [0.2, 0.25) is 5.91 Å². The Hall–Kier alpha value is -3.71. The van der Waals surface area contributed by atoms with E-state index >= 15 is 0 Å². The van der Waals surface area contributed by atoms with Crippen molar-refractivity contribution in [2.45, 2.75) is 32.7 Å². The van der Waals surface area contributed by atoms with Gasteiger partial charge in [0.1, 0.15) is 12.7 Å². The number of carbonyl (C=O) groups excluding carboxylic acids is 1. The largest absolute Gasteiger partial charge is 0.354 e. The second-order valence-corrected chi connectivity index (χ2v) is 9.67. The molecule has 0 spiro atoms. The molecule has 2 aromatic heterocycles. The summed E-state index contributed by atoms with van der Waals surface area (Å²) >= 11 is 3.52. The Balaban J connectivity index is 1.31. The number of fused-ring (bicyclic) bond motifs is 1. The van der Waals surface area contributed by atoms with Crippen molar-refractivity contribution in [3.05, 3.63) is 101 Å². The fourth-order valence-corrected chi connectivity index (χ4v) is 4.64. The predicted molar refractivity (Wildman–Crippen MR) is 142 cm³/mol. The number of hydrogen-bond acceptors (Lipinski definition) is 3. The van der Waals surface area contributed by atoms with Gasteiger partial charge in [-0.15, -0.1) is 0 Å². The third-order valence-corrected chi connectivity index (χ3v) is 6.78. The molecule has 0 bridgehead atoms. The summed E-state index contributed by atoms with van der Waals surface area (Å²) in [5.74, 6) is 0.0293. The fraction of sp³-hybridized carbons (Fsp3) is 0.179. The molecule has 5 aromatic rings. The Bertz CT molecular complexity index is 1450. The summed E-state index contributed by atoms with van der Waals surface area (Å²) in [6, 6.07) is 22.6. The predicted octanol–water partition coefficient (Wildman–Crippen LogP) is 6.30. The number of aromatic amines is 1. The number of amides is 1. The van der Waals surface area contributed by atoms with E-state index < -0.39 is 0 Å². The van der Waals surface area contributed by atoms with E-state index in [2.05, 4.69) is 73.6 Å². The van der Waals surface area contributed by atoms with Gasteiger partial charge in [-0.25, -0.2) is 9.67 Å². The van der Waals surface area contributed by atoms with Gasteiger partial charge in [-0.2, -0.15) is 5.10 Å². The van der Waals surface area contributed by atoms with E-state index in [1.54, 1.807) is 11.0 Å². The lowest BCUT2D eigenvalue weighted by Gasteiger charge is -2.15. The van der Waals surface area contributed by atoms with Gasteiger partial charge >= 0.3 is 0 Å². The van der Waals surface area contributed by atoms with Crippen molar-refractivity contribution in [3.63, 3.8) is 0 Å². The number of hydrogen-bond donors (Lipinski definition) is 2. The first-order valence-corrected chi connectivity index (χ1v) is 12.4. The molecule has 0 saturated carbocycles. The third-order valence-electron chi connectivity index (χ3n) is 6.25. The van der Waals surface area contributed by atoms with E-state index in [-0.39, 0.29) is 11.9 Å². The average molecular weight is 528 g/mol. The minimum Gasteiger partial charge on any atom is -0.354 e. The van der Waals surface area contributed by atoms with Gasteiger partial charge in [0, 0.05) is 27.5 Å². The average Bonchev–Trinajstić information content (AvgIpc) is 3.52. The van der Waals surface area contributed by atoms with Crippen LogP contribution in [-0.4, -0.2) is 25.7 Å². The first-order valence-electron chi connectivity index (χ1n) is 11.6. The van der Waals surface area contributed by atoms with Crippen molar-refractivity contribution < 1.29 is 4.79 Å². The highest BCUT2D eigenvalue weighted by Gasteiger charge is 2.16. The second kappa shape index (κ2) is 9.88. The smallest absolute Gasteiger partial charge is 0.220 e. The molecule has 35 heavy (non-hydrogen) atoms. The van der Waals surface area contributed by atoms with Crippen molar-refractivity contribution >= 4 is 32.7 Å². The van der Waals surface area contributed by atoms with Crippen molar-refractivity contribution in [1.29, 1.82) is 0 Å². The zero-order valence-corrected chi connectivity index (χ0v) is 21.2.